The molecule has 2 aromatic heterocycles. The number of fused-ring (bicyclic) bond motifs is 2. The molecule has 0 radical (unpaired) electrons. The van der Waals surface area contributed by atoms with Crippen molar-refractivity contribution < 1.29 is 14.1 Å². The number of nitrogens with zero attached hydrogens (tertiary/aromatic N) is 4. The zero-order valence-electron chi connectivity index (χ0n) is 16.2. The van der Waals surface area contributed by atoms with Crippen LogP contribution in [0.3, 0.4) is 0 Å². The number of piperidine rings is 1. The Bertz CT molecular complexity index is 833. The fourth-order valence-corrected chi connectivity index (χ4v) is 4.24. The minimum atomic E-state index is -0.361. The summed E-state index contributed by atoms with van der Waals surface area (Å²) in [7, 11) is 0. The highest BCUT2D eigenvalue weighted by Crippen LogP contribution is 2.40. The molecule has 7 heteroatoms. The standard InChI is InChI=1S/C20H26N4O3/c1-13-17(14(2)27-23-13)4-5-18(25)24-9-7-20(8-10-24)19-16(6-11-26-20)12-21-15(3)22-19/h12H,4-11H2,1-3H3. The van der Waals surface area contributed by atoms with Crippen molar-refractivity contribution in [1.29, 1.82) is 0 Å². The SMILES string of the molecule is Cc1ncc2c(n1)C1(CCN(C(=O)CCc3c(C)noc3C)CC1)OCC2. The van der Waals surface area contributed by atoms with Crippen LogP contribution in [-0.4, -0.2) is 45.6 Å². The van der Waals surface area contributed by atoms with E-state index in [1.54, 1.807) is 0 Å². The highest BCUT2D eigenvalue weighted by atomic mass is 16.5. The van der Waals surface area contributed by atoms with Crippen LogP contribution in [-0.2, 0) is 28.0 Å². The van der Waals surface area contributed by atoms with Gasteiger partial charge in [0.2, 0.25) is 5.91 Å². The fraction of sp³-hybridized carbons (Fsp3) is 0.600. The second-order valence-electron chi connectivity index (χ2n) is 7.57. The van der Waals surface area contributed by atoms with E-state index in [1.807, 2.05) is 31.9 Å². The van der Waals surface area contributed by atoms with E-state index in [0.717, 1.165) is 47.8 Å². The first-order chi connectivity index (χ1) is 13.0. The number of aromatic nitrogens is 3. The molecule has 0 N–H and O–H groups in total. The van der Waals surface area contributed by atoms with Gasteiger partial charge in [-0.15, -0.1) is 0 Å². The summed E-state index contributed by atoms with van der Waals surface area (Å²) in [5.74, 6) is 1.76. The predicted molar refractivity (Wildman–Crippen MR) is 98.2 cm³/mol. The van der Waals surface area contributed by atoms with Gasteiger partial charge in [-0.1, -0.05) is 5.16 Å². The van der Waals surface area contributed by atoms with Crippen LogP contribution in [0.5, 0.6) is 0 Å². The number of aryl methyl sites for hydroxylation is 3. The van der Waals surface area contributed by atoms with Gasteiger partial charge >= 0.3 is 0 Å². The third kappa shape index (κ3) is 3.36. The van der Waals surface area contributed by atoms with E-state index in [0.29, 0.717) is 32.5 Å². The number of rotatable bonds is 3. The van der Waals surface area contributed by atoms with Gasteiger partial charge in [0.25, 0.3) is 0 Å². The maximum absolute atomic E-state index is 12.7. The molecule has 1 fully saturated rings. The monoisotopic (exact) mass is 370 g/mol. The molecule has 4 heterocycles. The van der Waals surface area contributed by atoms with Crippen molar-refractivity contribution in [2.24, 2.45) is 0 Å². The molecule has 4 rings (SSSR count). The van der Waals surface area contributed by atoms with Gasteiger partial charge in [0, 0.05) is 31.3 Å². The van der Waals surface area contributed by atoms with Crippen LogP contribution in [0, 0.1) is 20.8 Å². The second kappa shape index (κ2) is 7.03. The summed E-state index contributed by atoms with van der Waals surface area (Å²) in [5.41, 5.74) is 3.78. The van der Waals surface area contributed by atoms with Gasteiger partial charge in [0.15, 0.2) is 0 Å². The molecular weight excluding hydrogens is 344 g/mol. The molecule has 2 aliphatic heterocycles. The van der Waals surface area contributed by atoms with E-state index in [9.17, 15) is 4.79 Å². The van der Waals surface area contributed by atoms with Crippen molar-refractivity contribution >= 4 is 5.91 Å². The van der Waals surface area contributed by atoms with Gasteiger partial charge in [-0.05, 0) is 52.0 Å². The van der Waals surface area contributed by atoms with Gasteiger partial charge in [0.05, 0.1) is 18.0 Å². The van der Waals surface area contributed by atoms with Gasteiger partial charge in [-0.25, -0.2) is 9.97 Å². The number of hydrogen-bond donors (Lipinski definition) is 0. The van der Waals surface area contributed by atoms with E-state index in [2.05, 4.69) is 10.1 Å². The zero-order valence-corrected chi connectivity index (χ0v) is 16.2. The number of carbonyl (C=O) groups excluding carboxylic acids is 1. The molecule has 0 atom stereocenters. The molecule has 1 saturated heterocycles. The van der Waals surface area contributed by atoms with E-state index in [4.69, 9.17) is 14.2 Å². The summed E-state index contributed by atoms with van der Waals surface area (Å²) in [5, 5.41) is 3.96. The van der Waals surface area contributed by atoms with Crippen LogP contribution in [0.1, 0.15) is 53.4 Å². The quantitative estimate of drug-likeness (QED) is 0.825. The number of amides is 1. The van der Waals surface area contributed by atoms with E-state index < -0.39 is 0 Å². The summed E-state index contributed by atoms with van der Waals surface area (Å²) in [6.45, 7) is 7.82. The Morgan fingerprint density at radius 2 is 2.04 bits per heavy atom. The maximum atomic E-state index is 12.7. The van der Waals surface area contributed by atoms with Crippen LogP contribution in [0.2, 0.25) is 0 Å². The molecule has 27 heavy (non-hydrogen) atoms. The second-order valence-corrected chi connectivity index (χ2v) is 7.57. The molecule has 144 valence electrons. The Kier molecular flexibility index (Phi) is 4.72. The fourth-order valence-electron chi connectivity index (χ4n) is 4.24. The lowest BCUT2D eigenvalue weighted by Gasteiger charge is -2.44. The lowest BCUT2D eigenvalue weighted by molar-refractivity contribution is -0.141. The molecule has 0 aliphatic carbocycles. The number of likely N-dealkylation sites (tertiary alicyclic amines) is 1. The summed E-state index contributed by atoms with van der Waals surface area (Å²) < 4.78 is 11.4. The van der Waals surface area contributed by atoms with Crippen LogP contribution in [0.25, 0.3) is 0 Å². The van der Waals surface area contributed by atoms with Crippen molar-refractivity contribution in [1.82, 2.24) is 20.0 Å². The lowest BCUT2D eigenvalue weighted by atomic mass is 9.83. The molecular formula is C20H26N4O3. The lowest BCUT2D eigenvalue weighted by Crippen LogP contribution is -2.49. The van der Waals surface area contributed by atoms with E-state index in [1.165, 1.54) is 5.56 Å². The Morgan fingerprint density at radius 1 is 1.26 bits per heavy atom. The molecule has 0 bridgehead atoms. The molecule has 0 unspecified atom stereocenters. The smallest absolute Gasteiger partial charge is 0.222 e. The Labute approximate surface area is 159 Å². The van der Waals surface area contributed by atoms with Gasteiger partial charge in [-0.3, -0.25) is 4.79 Å². The van der Waals surface area contributed by atoms with Crippen molar-refractivity contribution in [2.45, 2.75) is 58.5 Å². The Hall–Kier alpha value is -2.28. The third-order valence-electron chi connectivity index (χ3n) is 5.86. The van der Waals surface area contributed by atoms with Crippen LogP contribution in [0.15, 0.2) is 10.7 Å². The van der Waals surface area contributed by atoms with Crippen molar-refractivity contribution in [3.8, 4) is 0 Å². The van der Waals surface area contributed by atoms with Gasteiger partial charge in [0.1, 0.15) is 17.2 Å². The highest BCUT2D eigenvalue weighted by molar-refractivity contribution is 5.76. The first-order valence-electron chi connectivity index (χ1n) is 9.65. The normalized spacial score (nSPS) is 18.6. The zero-order chi connectivity index (χ0) is 19.0. The summed E-state index contributed by atoms with van der Waals surface area (Å²) in [6, 6.07) is 0. The Balaban J connectivity index is 1.41. The first-order valence-corrected chi connectivity index (χ1v) is 9.65. The number of hydrogen-bond acceptors (Lipinski definition) is 6. The highest BCUT2D eigenvalue weighted by Gasteiger charge is 2.43. The van der Waals surface area contributed by atoms with Crippen molar-refractivity contribution in [2.75, 3.05) is 19.7 Å². The minimum absolute atomic E-state index is 0.180. The van der Waals surface area contributed by atoms with Crippen LogP contribution in [0.4, 0.5) is 0 Å². The number of carbonyl (C=O) groups is 1. The molecule has 2 aromatic rings. The first kappa shape index (κ1) is 18.1. The Morgan fingerprint density at radius 3 is 2.74 bits per heavy atom. The molecule has 0 aromatic carbocycles. The summed E-state index contributed by atoms with van der Waals surface area (Å²) >= 11 is 0. The average Bonchev–Trinajstić information content (AvgIpc) is 2.99. The van der Waals surface area contributed by atoms with Gasteiger partial charge < -0.3 is 14.2 Å². The molecule has 1 spiro atoms. The van der Waals surface area contributed by atoms with Crippen molar-refractivity contribution in [3.63, 3.8) is 0 Å². The maximum Gasteiger partial charge on any atom is 0.222 e. The van der Waals surface area contributed by atoms with E-state index >= 15 is 0 Å². The summed E-state index contributed by atoms with van der Waals surface area (Å²) in [4.78, 5) is 23.7. The molecule has 1 amide bonds. The molecule has 2 aliphatic rings. The largest absolute Gasteiger partial charge is 0.368 e. The van der Waals surface area contributed by atoms with Crippen molar-refractivity contribution in [3.05, 3.63) is 40.3 Å². The minimum Gasteiger partial charge on any atom is -0.368 e. The molecule has 0 saturated carbocycles. The summed E-state index contributed by atoms with van der Waals surface area (Å²) in [6.07, 6.45) is 5.52. The predicted octanol–water partition coefficient (Wildman–Crippen LogP) is 2.41. The average molecular weight is 370 g/mol. The van der Waals surface area contributed by atoms with Crippen LogP contribution >= 0.6 is 0 Å². The topological polar surface area (TPSA) is 81.4 Å². The van der Waals surface area contributed by atoms with E-state index in [-0.39, 0.29) is 11.5 Å². The van der Waals surface area contributed by atoms with Crippen LogP contribution < -0.4 is 0 Å². The van der Waals surface area contributed by atoms with Gasteiger partial charge in [-0.2, -0.15) is 0 Å². The molecule has 7 nitrogen and oxygen atoms in total. The third-order valence-corrected chi connectivity index (χ3v) is 5.86. The number of ether oxygens (including phenoxy) is 1.